The number of aryl methyl sites for hydroxylation is 1. The predicted molar refractivity (Wildman–Crippen MR) is 87.1 cm³/mol. The minimum atomic E-state index is 0.596. The first-order chi connectivity index (χ1) is 10.2. The van der Waals surface area contributed by atoms with E-state index in [1.54, 1.807) is 11.3 Å². The quantitative estimate of drug-likeness (QED) is 0.931. The van der Waals surface area contributed by atoms with Crippen molar-refractivity contribution in [3.8, 4) is 0 Å². The molecule has 2 aromatic rings. The van der Waals surface area contributed by atoms with Gasteiger partial charge in [-0.15, -0.1) is 11.3 Å². The van der Waals surface area contributed by atoms with Crippen LogP contribution in [0.4, 0.5) is 16.8 Å². The molecule has 7 heteroatoms. The average Bonchev–Trinajstić information content (AvgIpc) is 3.04. The first-order valence-electron chi connectivity index (χ1n) is 7.21. The summed E-state index contributed by atoms with van der Waals surface area (Å²) in [6.45, 7) is 7.82. The highest BCUT2D eigenvalue weighted by atomic mass is 32.1. The zero-order chi connectivity index (χ0) is 14.8. The maximum Gasteiger partial charge on any atom is 0.185 e. The molecular formula is C14H20N6S. The third kappa shape index (κ3) is 2.78. The van der Waals surface area contributed by atoms with Gasteiger partial charge in [0, 0.05) is 49.7 Å². The molecule has 1 aliphatic heterocycles. The van der Waals surface area contributed by atoms with E-state index in [0.717, 1.165) is 54.9 Å². The first kappa shape index (κ1) is 14.1. The summed E-state index contributed by atoms with van der Waals surface area (Å²) in [6, 6.07) is 0. The Morgan fingerprint density at radius 1 is 1.19 bits per heavy atom. The van der Waals surface area contributed by atoms with Crippen molar-refractivity contribution in [3.05, 3.63) is 23.0 Å². The maximum atomic E-state index is 6.01. The molecule has 1 saturated heterocycles. The summed E-state index contributed by atoms with van der Waals surface area (Å²) in [5.74, 6) is 2.40. The minimum Gasteiger partial charge on any atom is -0.383 e. The summed E-state index contributed by atoms with van der Waals surface area (Å²) >= 11 is 1.69. The van der Waals surface area contributed by atoms with Crippen LogP contribution < -0.4 is 15.5 Å². The minimum absolute atomic E-state index is 0.596. The highest BCUT2D eigenvalue weighted by Crippen LogP contribution is 2.25. The molecule has 2 aromatic heterocycles. The number of thiazole rings is 1. The van der Waals surface area contributed by atoms with E-state index in [1.165, 1.54) is 0 Å². The van der Waals surface area contributed by atoms with Gasteiger partial charge in [0.15, 0.2) is 5.13 Å². The molecule has 3 rings (SSSR count). The van der Waals surface area contributed by atoms with E-state index in [1.807, 2.05) is 25.4 Å². The molecule has 6 nitrogen and oxygen atoms in total. The molecule has 1 aliphatic rings. The van der Waals surface area contributed by atoms with E-state index < -0.39 is 0 Å². The molecule has 2 N–H and O–H groups in total. The number of aromatic nitrogens is 3. The van der Waals surface area contributed by atoms with E-state index in [2.05, 4.69) is 24.8 Å². The lowest BCUT2D eigenvalue weighted by Gasteiger charge is -2.36. The Morgan fingerprint density at radius 3 is 2.52 bits per heavy atom. The van der Waals surface area contributed by atoms with Crippen LogP contribution in [0.1, 0.15) is 18.3 Å². The molecule has 0 radical (unpaired) electrons. The van der Waals surface area contributed by atoms with E-state index in [9.17, 15) is 0 Å². The number of nitrogens with two attached hydrogens (primary N) is 1. The monoisotopic (exact) mass is 304 g/mol. The number of nitrogens with zero attached hydrogens (tertiary/aromatic N) is 5. The van der Waals surface area contributed by atoms with Crippen LogP contribution in [0.3, 0.4) is 0 Å². The van der Waals surface area contributed by atoms with Gasteiger partial charge in [0.2, 0.25) is 0 Å². The third-order valence-corrected chi connectivity index (χ3v) is 4.62. The van der Waals surface area contributed by atoms with Gasteiger partial charge in [0.1, 0.15) is 17.5 Å². The molecule has 0 aromatic carbocycles. The number of nitrogen functional groups attached to an aromatic ring is 1. The Hall–Kier alpha value is -1.89. The molecule has 0 unspecified atom stereocenters. The molecule has 0 saturated carbocycles. The van der Waals surface area contributed by atoms with Gasteiger partial charge in [0.05, 0.1) is 0 Å². The summed E-state index contributed by atoms with van der Waals surface area (Å²) in [6.07, 6.45) is 2.66. The van der Waals surface area contributed by atoms with Gasteiger partial charge in [-0.3, -0.25) is 0 Å². The lowest BCUT2D eigenvalue weighted by molar-refractivity contribution is 0.642. The maximum absolute atomic E-state index is 6.01. The molecule has 3 heterocycles. The first-order valence-corrected chi connectivity index (χ1v) is 8.09. The summed E-state index contributed by atoms with van der Waals surface area (Å²) in [5.41, 5.74) is 6.99. The second kappa shape index (κ2) is 5.85. The zero-order valence-corrected chi connectivity index (χ0v) is 13.2. The summed E-state index contributed by atoms with van der Waals surface area (Å²) in [5, 5.41) is 3.12. The van der Waals surface area contributed by atoms with Gasteiger partial charge in [-0.05, 0) is 6.92 Å². The van der Waals surface area contributed by atoms with Crippen molar-refractivity contribution in [2.75, 3.05) is 41.7 Å². The fourth-order valence-corrected chi connectivity index (χ4v) is 3.21. The van der Waals surface area contributed by atoms with Crippen LogP contribution in [0, 0.1) is 6.92 Å². The average molecular weight is 304 g/mol. The lowest BCUT2D eigenvalue weighted by atomic mass is 10.2. The van der Waals surface area contributed by atoms with Crippen LogP contribution in [0.5, 0.6) is 0 Å². The van der Waals surface area contributed by atoms with E-state index in [0.29, 0.717) is 5.82 Å². The molecule has 0 spiro atoms. The molecule has 1 fully saturated rings. The van der Waals surface area contributed by atoms with Gasteiger partial charge >= 0.3 is 0 Å². The molecule has 21 heavy (non-hydrogen) atoms. The van der Waals surface area contributed by atoms with Crippen molar-refractivity contribution in [1.82, 2.24) is 15.0 Å². The summed E-state index contributed by atoms with van der Waals surface area (Å²) < 4.78 is 0. The number of hydrogen-bond acceptors (Lipinski definition) is 7. The highest BCUT2D eigenvalue weighted by molar-refractivity contribution is 7.13. The zero-order valence-electron chi connectivity index (χ0n) is 12.4. The standard InChI is InChI=1S/C14H20N6S/c1-3-11-17-12(15)10(2)13(18-11)19-5-7-20(8-6-19)14-16-4-9-21-14/h4,9H,3,5-8H2,1-2H3,(H2,15,17,18). The highest BCUT2D eigenvalue weighted by Gasteiger charge is 2.22. The van der Waals surface area contributed by atoms with E-state index in [-0.39, 0.29) is 0 Å². The smallest absolute Gasteiger partial charge is 0.185 e. The van der Waals surface area contributed by atoms with Gasteiger partial charge < -0.3 is 15.5 Å². The van der Waals surface area contributed by atoms with Crippen molar-refractivity contribution in [2.24, 2.45) is 0 Å². The topological polar surface area (TPSA) is 71.2 Å². The Kier molecular flexibility index (Phi) is 3.92. The molecule has 0 amide bonds. The van der Waals surface area contributed by atoms with E-state index in [4.69, 9.17) is 5.73 Å². The predicted octanol–water partition coefficient (Wildman–Crippen LogP) is 1.71. The van der Waals surface area contributed by atoms with E-state index >= 15 is 0 Å². The van der Waals surface area contributed by atoms with Gasteiger partial charge in [0.25, 0.3) is 0 Å². The number of rotatable bonds is 3. The van der Waals surface area contributed by atoms with Crippen molar-refractivity contribution in [3.63, 3.8) is 0 Å². The van der Waals surface area contributed by atoms with Crippen LogP contribution >= 0.6 is 11.3 Å². The van der Waals surface area contributed by atoms with Gasteiger partial charge in [-0.25, -0.2) is 15.0 Å². The number of piperazine rings is 1. The van der Waals surface area contributed by atoms with Crippen molar-refractivity contribution >= 4 is 28.1 Å². The Morgan fingerprint density at radius 2 is 1.90 bits per heavy atom. The number of anilines is 3. The van der Waals surface area contributed by atoms with Crippen molar-refractivity contribution < 1.29 is 0 Å². The van der Waals surface area contributed by atoms with Crippen LogP contribution in [-0.2, 0) is 6.42 Å². The second-order valence-electron chi connectivity index (χ2n) is 5.12. The molecule has 0 bridgehead atoms. The van der Waals surface area contributed by atoms with Crippen molar-refractivity contribution in [2.45, 2.75) is 20.3 Å². The van der Waals surface area contributed by atoms with Gasteiger partial charge in [-0.2, -0.15) is 0 Å². The fraction of sp³-hybridized carbons (Fsp3) is 0.500. The van der Waals surface area contributed by atoms with Crippen LogP contribution in [0.2, 0.25) is 0 Å². The van der Waals surface area contributed by atoms with Crippen molar-refractivity contribution in [1.29, 1.82) is 0 Å². The van der Waals surface area contributed by atoms with Gasteiger partial charge in [-0.1, -0.05) is 6.92 Å². The SMILES string of the molecule is CCc1nc(N)c(C)c(N2CCN(c3nccs3)CC2)n1. The molecule has 112 valence electrons. The second-order valence-corrected chi connectivity index (χ2v) is 5.99. The lowest BCUT2D eigenvalue weighted by Crippen LogP contribution is -2.47. The largest absolute Gasteiger partial charge is 0.383 e. The third-order valence-electron chi connectivity index (χ3n) is 3.79. The fourth-order valence-electron chi connectivity index (χ4n) is 2.52. The number of hydrogen-bond donors (Lipinski definition) is 1. The summed E-state index contributed by atoms with van der Waals surface area (Å²) in [4.78, 5) is 18.0. The van der Waals surface area contributed by atoms with Crippen LogP contribution in [0.15, 0.2) is 11.6 Å². The van der Waals surface area contributed by atoms with Crippen LogP contribution in [-0.4, -0.2) is 41.1 Å². The normalized spacial score (nSPS) is 15.5. The molecule has 0 aliphatic carbocycles. The Bertz CT molecular complexity index is 604. The summed E-state index contributed by atoms with van der Waals surface area (Å²) in [7, 11) is 0. The Labute approximate surface area is 128 Å². The Balaban J connectivity index is 1.76. The molecule has 0 atom stereocenters. The van der Waals surface area contributed by atoms with Crippen LogP contribution in [0.25, 0.3) is 0 Å². The molecular weight excluding hydrogens is 284 g/mol.